The number of hydrogen-bond donors (Lipinski definition) is 0. The second kappa shape index (κ2) is 6.92. The van der Waals surface area contributed by atoms with Crippen LogP contribution in [0.2, 0.25) is 0 Å². The number of aromatic nitrogens is 2. The van der Waals surface area contributed by atoms with E-state index in [0.717, 1.165) is 49.6 Å². The molecule has 2 aromatic rings. The van der Waals surface area contributed by atoms with E-state index in [0.29, 0.717) is 18.4 Å². The van der Waals surface area contributed by atoms with Gasteiger partial charge in [0.25, 0.3) is 0 Å². The Morgan fingerprint density at radius 2 is 1.96 bits per heavy atom. The third kappa shape index (κ3) is 3.56. The van der Waals surface area contributed by atoms with Gasteiger partial charge in [-0.15, -0.1) is 0 Å². The van der Waals surface area contributed by atoms with Gasteiger partial charge in [0, 0.05) is 50.8 Å². The molecule has 0 spiro atoms. The fourth-order valence-corrected chi connectivity index (χ4v) is 4.11. The van der Waals surface area contributed by atoms with Gasteiger partial charge in [-0.05, 0) is 49.1 Å². The highest BCUT2D eigenvalue weighted by Gasteiger charge is 2.42. The number of amides is 1. The fraction of sp³-hybridized carbons (Fsp3) is 0.450. The number of likely N-dealkylation sites (tertiary alicyclic amines) is 2. The summed E-state index contributed by atoms with van der Waals surface area (Å²) in [6.07, 6.45) is 4.68. The van der Waals surface area contributed by atoms with Gasteiger partial charge in [-0.3, -0.25) is 19.7 Å². The molecule has 130 valence electrons. The van der Waals surface area contributed by atoms with Crippen molar-refractivity contribution in [2.24, 2.45) is 11.8 Å². The van der Waals surface area contributed by atoms with Crippen molar-refractivity contribution in [1.82, 2.24) is 19.8 Å². The summed E-state index contributed by atoms with van der Waals surface area (Å²) in [5.41, 5.74) is 3.30. The van der Waals surface area contributed by atoms with Gasteiger partial charge in [-0.1, -0.05) is 6.07 Å². The van der Waals surface area contributed by atoms with Crippen molar-refractivity contribution in [1.29, 1.82) is 0 Å². The summed E-state index contributed by atoms with van der Waals surface area (Å²) in [4.78, 5) is 26.0. The van der Waals surface area contributed by atoms with E-state index in [-0.39, 0.29) is 5.92 Å². The zero-order valence-electron chi connectivity index (χ0n) is 14.6. The lowest BCUT2D eigenvalue weighted by molar-refractivity contribution is -0.140. The van der Waals surface area contributed by atoms with Gasteiger partial charge in [0.1, 0.15) is 0 Å². The maximum absolute atomic E-state index is 12.9. The Morgan fingerprint density at radius 1 is 1.12 bits per heavy atom. The molecule has 5 nitrogen and oxygen atoms in total. The van der Waals surface area contributed by atoms with E-state index >= 15 is 0 Å². The molecule has 4 rings (SSSR count). The van der Waals surface area contributed by atoms with Gasteiger partial charge in [0.2, 0.25) is 5.91 Å². The Kier molecular flexibility index (Phi) is 4.49. The molecule has 0 radical (unpaired) electrons. The largest absolute Gasteiger partial charge is 0.338 e. The summed E-state index contributed by atoms with van der Waals surface area (Å²) < 4.78 is 0. The lowest BCUT2D eigenvalue weighted by Crippen LogP contribution is -2.44. The molecule has 5 heteroatoms. The van der Waals surface area contributed by atoms with Gasteiger partial charge in [0.15, 0.2) is 0 Å². The first-order valence-electron chi connectivity index (χ1n) is 9.01. The topological polar surface area (TPSA) is 49.3 Å². The van der Waals surface area contributed by atoms with Crippen molar-refractivity contribution in [3.63, 3.8) is 0 Å². The van der Waals surface area contributed by atoms with Crippen LogP contribution in [-0.2, 0) is 17.9 Å². The van der Waals surface area contributed by atoms with Crippen LogP contribution in [0.5, 0.6) is 0 Å². The number of aryl methyl sites for hydroxylation is 1. The molecule has 2 aromatic heterocycles. The van der Waals surface area contributed by atoms with Crippen LogP contribution in [0.1, 0.15) is 23.4 Å². The highest BCUT2D eigenvalue weighted by Crippen LogP contribution is 2.33. The second-order valence-corrected chi connectivity index (χ2v) is 7.23. The van der Waals surface area contributed by atoms with Crippen molar-refractivity contribution in [2.45, 2.75) is 26.4 Å². The molecule has 0 aromatic carbocycles. The van der Waals surface area contributed by atoms with E-state index in [1.165, 1.54) is 0 Å². The van der Waals surface area contributed by atoms with Crippen LogP contribution >= 0.6 is 0 Å². The molecule has 0 bridgehead atoms. The zero-order valence-corrected chi connectivity index (χ0v) is 14.6. The normalized spacial score (nSPS) is 23.7. The van der Waals surface area contributed by atoms with Crippen LogP contribution in [0, 0.1) is 18.8 Å². The maximum atomic E-state index is 12.9. The highest BCUT2D eigenvalue weighted by molar-refractivity contribution is 5.80. The monoisotopic (exact) mass is 336 g/mol. The Balaban J connectivity index is 1.40. The van der Waals surface area contributed by atoms with E-state index < -0.39 is 0 Å². The highest BCUT2D eigenvalue weighted by atomic mass is 16.2. The van der Waals surface area contributed by atoms with Gasteiger partial charge in [-0.2, -0.15) is 0 Å². The molecule has 4 heterocycles. The van der Waals surface area contributed by atoms with E-state index in [1.54, 1.807) is 12.4 Å². The average Bonchev–Trinajstić information content (AvgIpc) is 3.02. The summed E-state index contributed by atoms with van der Waals surface area (Å²) in [5.74, 6) is 0.944. The van der Waals surface area contributed by atoms with Gasteiger partial charge < -0.3 is 4.90 Å². The Morgan fingerprint density at radius 3 is 2.76 bits per heavy atom. The molecular weight excluding hydrogens is 312 g/mol. The van der Waals surface area contributed by atoms with Crippen molar-refractivity contribution in [2.75, 3.05) is 19.6 Å². The summed E-state index contributed by atoms with van der Waals surface area (Å²) in [6.45, 7) is 6.28. The van der Waals surface area contributed by atoms with Crippen LogP contribution in [0.25, 0.3) is 0 Å². The van der Waals surface area contributed by atoms with Crippen LogP contribution < -0.4 is 0 Å². The average molecular weight is 336 g/mol. The third-order valence-corrected chi connectivity index (χ3v) is 5.37. The lowest BCUT2D eigenvalue weighted by atomic mass is 9.88. The first-order chi connectivity index (χ1) is 12.2. The van der Waals surface area contributed by atoms with Crippen molar-refractivity contribution in [3.05, 3.63) is 59.7 Å². The minimum Gasteiger partial charge on any atom is -0.338 e. The van der Waals surface area contributed by atoms with Crippen molar-refractivity contribution in [3.8, 4) is 0 Å². The van der Waals surface area contributed by atoms with E-state index in [1.807, 2.05) is 30.0 Å². The molecule has 0 saturated carbocycles. The number of pyridine rings is 2. The SMILES string of the molecule is Cc1cccc(CN2CC3CCN(Cc4ccncc4)C(=O)C3C2)n1. The molecule has 0 aliphatic carbocycles. The lowest BCUT2D eigenvalue weighted by Gasteiger charge is -2.34. The number of nitrogens with zero attached hydrogens (tertiary/aromatic N) is 4. The summed E-state index contributed by atoms with van der Waals surface area (Å²) in [7, 11) is 0. The van der Waals surface area contributed by atoms with Gasteiger partial charge in [0.05, 0.1) is 11.6 Å². The van der Waals surface area contributed by atoms with E-state index in [9.17, 15) is 4.79 Å². The van der Waals surface area contributed by atoms with Crippen LogP contribution in [0.3, 0.4) is 0 Å². The number of fused-ring (bicyclic) bond motifs is 1. The first kappa shape index (κ1) is 16.2. The molecule has 2 saturated heterocycles. The van der Waals surface area contributed by atoms with Gasteiger partial charge in [-0.25, -0.2) is 0 Å². The Bertz CT molecular complexity index is 748. The standard InChI is InChI=1S/C20H24N4O/c1-15-3-2-4-18(22-15)13-23-12-17-7-10-24(20(25)19(17)14-23)11-16-5-8-21-9-6-16/h2-6,8-9,17,19H,7,10-14H2,1H3. The number of hydrogen-bond acceptors (Lipinski definition) is 4. The van der Waals surface area contributed by atoms with Gasteiger partial charge >= 0.3 is 0 Å². The van der Waals surface area contributed by atoms with Crippen LogP contribution in [0.4, 0.5) is 0 Å². The fourth-order valence-electron chi connectivity index (χ4n) is 4.11. The molecule has 2 unspecified atom stereocenters. The maximum Gasteiger partial charge on any atom is 0.227 e. The minimum atomic E-state index is 0.139. The van der Waals surface area contributed by atoms with Crippen LogP contribution in [-0.4, -0.2) is 45.3 Å². The Labute approximate surface area is 148 Å². The number of rotatable bonds is 4. The van der Waals surface area contributed by atoms with Crippen molar-refractivity contribution < 1.29 is 4.79 Å². The first-order valence-corrected chi connectivity index (χ1v) is 9.01. The number of carbonyl (C=O) groups excluding carboxylic acids is 1. The zero-order chi connectivity index (χ0) is 17.2. The predicted molar refractivity (Wildman–Crippen MR) is 95.5 cm³/mol. The van der Waals surface area contributed by atoms with E-state index in [2.05, 4.69) is 27.0 Å². The molecule has 2 fully saturated rings. The smallest absolute Gasteiger partial charge is 0.227 e. The molecule has 2 aliphatic heterocycles. The summed E-state index contributed by atoms with van der Waals surface area (Å²) in [5, 5.41) is 0. The summed E-state index contributed by atoms with van der Waals surface area (Å²) in [6, 6.07) is 10.1. The predicted octanol–water partition coefficient (Wildman–Crippen LogP) is 2.27. The Hall–Kier alpha value is -2.27. The molecule has 0 N–H and O–H groups in total. The molecule has 25 heavy (non-hydrogen) atoms. The molecule has 1 amide bonds. The third-order valence-electron chi connectivity index (χ3n) is 5.37. The van der Waals surface area contributed by atoms with Crippen molar-refractivity contribution >= 4 is 5.91 Å². The second-order valence-electron chi connectivity index (χ2n) is 7.23. The van der Waals surface area contributed by atoms with Crippen LogP contribution in [0.15, 0.2) is 42.7 Å². The molecule has 2 aliphatic rings. The summed E-state index contributed by atoms with van der Waals surface area (Å²) >= 11 is 0. The number of carbonyl (C=O) groups is 1. The minimum absolute atomic E-state index is 0.139. The van der Waals surface area contributed by atoms with E-state index in [4.69, 9.17) is 0 Å². The number of piperidine rings is 1. The quantitative estimate of drug-likeness (QED) is 0.859. The molecular formula is C20H24N4O. The molecule has 2 atom stereocenters.